The quantitative estimate of drug-likeness (QED) is 0.633. The molecule has 0 aliphatic carbocycles. The van der Waals surface area contributed by atoms with Gasteiger partial charge in [0.25, 0.3) is 0 Å². The average molecular weight is 398 g/mol. The van der Waals surface area contributed by atoms with Gasteiger partial charge in [-0.3, -0.25) is 14.4 Å². The van der Waals surface area contributed by atoms with Crippen LogP contribution in [-0.4, -0.2) is 38.4 Å². The minimum absolute atomic E-state index is 0.0101. The second-order valence-corrected chi connectivity index (χ2v) is 6.58. The molecule has 7 nitrogen and oxygen atoms in total. The number of para-hydroxylation sites is 1. The predicted molar refractivity (Wildman–Crippen MR) is 111 cm³/mol. The van der Waals surface area contributed by atoms with Crippen molar-refractivity contribution in [1.82, 2.24) is 5.32 Å². The van der Waals surface area contributed by atoms with Gasteiger partial charge in [0, 0.05) is 24.1 Å². The summed E-state index contributed by atoms with van der Waals surface area (Å²) in [6.45, 7) is 3.65. The van der Waals surface area contributed by atoms with Crippen molar-refractivity contribution in [2.24, 2.45) is 0 Å². The van der Waals surface area contributed by atoms with E-state index in [1.54, 1.807) is 18.2 Å². The van der Waals surface area contributed by atoms with Gasteiger partial charge in [-0.25, -0.2) is 0 Å². The Balaban J connectivity index is 1.82. The minimum atomic E-state index is -0.365. The van der Waals surface area contributed by atoms with Crippen LogP contribution in [0, 0.1) is 13.8 Å². The zero-order chi connectivity index (χ0) is 21.4. The van der Waals surface area contributed by atoms with Crippen molar-refractivity contribution >= 4 is 23.3 Å². The van der Waals surface area contributed by atoms with Gasteiger partial charge in [0.15, 0.2) is 17.3 Å². The van der Waals surface area contributed by atoms with Crippen molar-refractivity contribution in [1.29, 1.82) is 0 Å². The van der Waals surface area contributed by atoms with E-state index in [-0.39, 0.29) is 37.0 Å². The summed E-state index contributed by atoms with van der Waals surface area (Å²) >= 11 is 0. The Hall–Kier alpha value is -3.35. The van der Waals surface area contributed by atoms with E-state index in [1.807, 2.05) is 32.0 Å². The third-order valence-electron chi connectivity index (χ3n) is 4.48. The number of anilines is 1. The molecule has 0 saturated heterocycles. The molecule has 2 aromatic carbocycles. The molecular weight excluding hydrogens is 372 g/mol. The lowest BCUT2D eigenvalue weighted by Gasteiger charge is -2.12. The molecule has 0 fully saturated rings. The smallest absolute Gasteiger partial charge is 0.243 e. The van der Waals surface area contributed by atoms with Crippen LogP contribution in [0.2, 0.25) is 0 Å². The zero-order valence-corrected chi connectivity index (χ0v) is 17.1. The molecule has 0 radical (unpaired) electrons. The topological polar surface area (TPSA) is 93.7 Å². The first-order chi connectivity index (χ1) is 13.8. The Morgan fingerprint density at radius 1 is 0.862 bits per heavy atom. The summed E-state index contributed by atoms with van der Waals surface area (Å²) in [7, 11) is 3.00. The van der Waals surface area contributed by atoms with E-state index in [0.29, 0.717) is 17.1 Å². The number of hydrogen-bond acceptors (Lipinski definition) is 5. The molecule has 0 bridgehead atoms. The summed E-state index contributed by atoms with van der Waals surface area (Å²) in [6, 6.07) is 10.6. The fourth-order valence-corrected chi connectivity index (χ4v) is 2.84. The van der Waals surface area contributed by atoms with E-state index in [9.17, 15) is 14.4 Å². The highest BCUT2D eigenvalue weighted by Crippen LogP contribution is 2.28. The molecule has 0 heterocycles. The lowest BCUT2D eigenvalue weighted by atomic mass is 10.1. The maximum atomic E-state index is 12.3. The number of carbonyl (C=O) groups excluding carboxylic acids is 3. The number of methoxy groups -OCH3 is 2. The lowest BCUT2D eigenvalue weighted by molar-refractivity contribution is -0.124. The Morgan fingerprint density at radius 3 is 2.14 bits per heavy atom. The molecule has 2 rings (SSSR count). The van der Waals surface area contributed by atoms with Crippen LogP contribution in [0.3, 0.4) is 0 Å². The van der Waals surface area contributed by atoms with E-state index in [4.69, 9.17) is 9.47 Å². The molecule has 0 unspecified atom stereocenters. The molecule has 2 amide bonds. The van der Waals surface area contributed by atoms with Crippen molar-refractivity contribution in [2.75, 3.05) is 26.1 Å². The number of hydrogen-bond donors (Lipinski definition) is 2. The summed E-state index contributed by atoms with van der Waals surface area (Å²) < 4.78 is 10.3. The number of Topliss-reactive ketones (excluding diaryl/α,β-unsaturated/α-hetero) is 1. The van der Waals surface area contributed by atoms with Gasteiger partial charge in [-0.15, -0.1) is 0 Å². The van der Waals surface area contributed by atoms with E-state index < -0.39 is 0 Å². The first-order valence-corrected chi connectivity index (χ1v) is 9.23. The standard InChI is InChI=1S/C22H26N2O5/c1-14-6-5-7-15(2)22(14)24-21(27)13-23-20(26)11-9-17(25)16-8-10-18(28-3)19(12-16)29-4/h5-8,10,12H,9,11,13H2,1-4H3,(H,23,26)(H,24,27). The summed E-state index contributed by atoms with van der Waals surface area (Å²) in [5.74, 6) is 0.0983. The Morgan fingerprint density at radius 2 is 1.52 bits per heavy atom. The molecule has 7 heteroatoms. The highest BCUT2D eigenvalue weighted by Gasteiger charge is 2.14. The molecule has 154 valence electrons. The van der Waals surface area contributed by atoms with Gasteiger partial charge in [-0.05, 0) is 43.2 Å². The Labute approximate surface area is 170 Å². The average Bonchev–Trinajstić information content (AvgIpc) is 2.72. The van der Waals surface area contributed by atoms with Crippen LogP contribution in [0.1, 0.15) is 34.3 Å². The minimum Gasteiger partial charge on any atom is -0.493 e. The van der Waals surface area contributed by atoms with Gasteiger partial charge in [-0.2, -0.15) is 0 Å². The van der Waals surface area contributed by atoms with Crippen molar-refractivity contribution < 1.29 is 23.9 Å². The van der Waals surface area contributed by atoms with Crippen LogP contribution in [0.4, 0.5) is 5.69 Å². The Bertz CT molecular complexity index is 888. The normalized spacial score (nSPS) is 10.2. The van der Waals surface area contributed by atoms with Crippen molar-refractivity contribution in [3.05, 3.63) is 53.1 Å². The number of benzene rings is 2. The van der Waals surface area contributed by atoms with Crippen LogP contribution in [-0.2, 0) is 9.59 Å². The van der Waals surface area contributed by atoms with Gasteiger partial charge < -0.3 is 20.1 Å². The van der Waals surface area contributed by atoms with E-state index in [0.717, 1.165) is 16.8 Å². The summed E-state index contributed by atoms with van der Waals surface area (Å²) in [4.78, 5) is 36.4. The van der Waals surface area contributed by atoms with Gasteiger partial charge >= 0.3 is 0 Å². The Kier molecular flexibility index (Phi) is 7.77. The third-order valence-corrected chi connectivity index (χ3v) is 4.48. The molecule has 0 atom stereocenters. The maximum absolute atomic E-state index is 12.3. The fraction of sp³-hybridized carbons (Fsp3) is 0.318. The highest BCUT2D eigenvalue weighted by molar-refractivity contribution is 5.99. The van der Waals surface area contributed by atoms with Crippen LogP contribution < -0.4 is 20.1 Å². The number of ketones is 1. The first-order valence-electron chi connectivity index (χ1n) is 9.23. The zero-order valence-electron chi connectivity index (χ0n) is 17.1. The number of ether oxygens (including phenoxy) is 2. The second kappa shape index (κ2) is 10.3. The second-order valence-electron chi connectivity index (χ2n) is 6.58. The van der Waals surface area contributed by atoms with Crippen LogP contribution in [0.15, 0.2) is 36.4 Å². The number of nitrogens with one attached hydrogen (secondary N) is 2. The van der Waals surface area contributed by atoms with E-state index >= 15 is 0 Å². The predicted octanol–water partition coefficient (Wildman–Crippen LogP) is 3.04. The van der Waals surface area contributed by atoms with Crippen molar-refractivity contribution in [3.8, 4) is 11.5 Å². The number of rotatable bonds is 9. The first kappa shape index (κ1) is 21.9. The third kappa shape index (κ3) is 6.07. The summed E-state index contributed by atoms with van der Waals surface area (Å²) in [5, 5.41) is 5.34. The highest BCUT2D eigenvalue weighted by atomic mass is 16.5. The molecule has 29 heavy (non-hydrogen) atoms. The fourth-order valence-electron chi connectivity index (χ4n) is 2.84. The van der Waals surface area contributed by atoms with Crippen LogP contribution >= 0.6 is 0 Å². The van der Waals surface area contributed by atoms with Crippen LogP contribution in [0.5, 0.6) is 11.5 Å². The molecule has 0 aliphatic rings. The molecule has 0 aromatic heterocycles. The van der Waals surface area contributed by atoms with Crippen molar-refractivity contribution in [2.45, 2.75) is 26.7 Å². The molecule has 2 aromatic rings. The lowest BCUT2D eigenvalue weighted by Crippen LogP contribution is -2.33. The molecular formula is C22H26N2O5. The molecule has 0 aliphatic heterocycles. The SMILES string of the molecule is COc1ccc(C(=O)CCC(=O)NCC(=O)Nc2c(C)cccc2C)cc1OC. The largest absolute Gasteiger partial charge is 0.493 e. The number of carbonyl (C=O) groups is 3. The summed E-state index contributed by atoms with van der Waals surface area (Å²) in [5.41, 5.74) is 3.08. The van der Waals surface area contributed by atoms with Crippen LogP contribution in [0.25, 0.3) is 0 Å². The molecule has 2 N–H and O–H groups in total. The summed E-state index contributed by atoms with van der Waals surface area (Å²) in [6.07, 6.45) is 0.0175. The molecule has 0 saturated carbocycles. The van der Waals surface area contributed by atoms with Gasteiger partial charge in [-0.1, -0.05) is 18.2 Å². The van der Waals surface area contributed by atoms with E-state index in [1.165, 1.54) is 14.2 Å². The van der Waals surface area contributed by atoms with Gasteiger partial charge in [0.1, 0.15) is 0 Å². The number of amides is 2. The van der Waals surface area contributed by atoms with Gasteiger partial charge in [0.05, 0.1) is 20.8 Å². The number of aryl methyl sites for hydroxylation is 2. The van der Waals surface area contributed by atoms with Crippen molar-refractivity contribution in [3.63, 3.8) is 0 Å². The van der Waals surface area contributed by atoms with Gasteiger partial charge in [0.2, 0.25) is 11.8 Å². The maximum Gasteiger partial charge on any atom is 0.243 e. The van der Waals surface area contributed by atoms with E-state index in [2.05, 4.69) is 10.6 Å². The monoisotopic (exact) mass is 398 g/mol. The molecule has 0 spiro atoms.